The van der Waals surface area contributed by atoms with Gasteiger partial charge in [-0.25, -0.2) is 0 Å². The number of hydrogen-bond donors (Lipinski definition) is 1. The van der Waals surface area contributed by atoms with Gasteiger partial charge in [-0.3, -0.25) is 0 Å². The quantitative estimate of drug-likeness (QED) is 0.416. The fourth-order valence-electron chi connectivity index (χ4n) is 1.12. The average Bonchev–Trinajstić information content (AvgIpc) is 2.26. The van der Waals surface area contributed by atoms with Crippen molar-refractivity contribution in [2.45, 2.75) is 25.7 Å². The van der Waals surface area contributed by atoms with Crippen molar-refractivity contribution in [2.75, 3.05) is 45.9 Å². The third kappa shape index (κ3) is 14.2. The molecule has 0 bridgehead atoms. The molecule has 0 spiro atoms. The molecule has 0 saturated heterocycles. The van der Waals surface area contributed by atoms with Crippen LogP contribution in [-0.4, -0.2) is 45.9 Å². The Hall–Kier alpha value is 0.230. The molecule has 0 aliphatic rings. The summed E-state index contributed by atoms with van der Waals surface area (Å²) in [5, 5.41) is 0. The monoisotopic (exact) mass is 236 g/mol. The Morgan fingerprint density at radius 1 is 0.733 bits per heavy atom. The van der Waals surface area contributed by atoms with Crippen LogP contribution in [0.2, 0.25) is 0 Å². The summed E-state index contributed by atoms with van der Waals surface area (Å²) >= 11 is 4.15. The first kappa shape index (κ1) is 15.2. The smallest absolute Gasteiger partial charge is 0.0700 e. The van der Waals surface area contributed by atoms with E-state index in [0.29, 0.717) is 13.2 Å². The average molecular weight is 236 g/mol. The van der Waals surface area contributed by atoms with Crippen LogP contribution in [0.4, 0.5) is 0 Å². The number of unbranched alkanes of at least 4 members (excludes halogenated alkanes) is 2. The van der Waals surface area contributed by atoms with E-state index in [1.807, 2.05) is 0 Å². The molecule has 0 aliphatic heterocycles. The fraction of sp³-hybridized carbons (Fsp3) is 1.00. The van der Waals surface area contributed by atoms with E-state index >= 15 is 0 Å². The van der Waals surface area contributed by atoms with Crippen LogP contribution >= 0.6 is 12.6 Å². The van der Waals surface area contributed by atoms with Crippen molar-refractivity contribution in [3.8, 4) is 0 Å². The largest absolute Gasteiger partial charge is 0.385 e. The van der Waals surface area contributed by atoms with Crippen LogP contribution in [0.15, 0.2) is 0 Å². The fourth-order valence-corrected chi connectivity index (χ4v) is 1.34. The maximum atomic E-state index is 5.41. The van der Waals surface area contributed by atoms with Crippen molar-refractivity contribution in [3.05, 3.63) is 0 Å². The molecule has 4 heteroatoms. The van der Waals surface area contributed by atoms with E-state index in [1.165, 1.54) is 12.8 Å². The van der Waals surface area contributed by atoms with Crippen molar-refractivity contribution in [3.63, 3.8) is 0 Å². The molecule has 0 aromatic rings. The predicted octanol–water partition coefficient (Wildman–Crippen LogP) is 2.16. The highest BCUT2D eigenvalue weighted by Gasteiger charge is 1.91. The predicted molar refractivity (Wildman–Crippen MR) is 65.8 cm³/mol. The summed E-state index contributed by atoms with van der Waals surface area (Å²) in [7, 11) is 1.70. The molecule has 3 nitrogen and oxygen atoms in total. The molecule has 0 aromatic carbocycles. The van der Waals surface area contributed by atoms with Gasteiger partial charge in [-0.15, -0.1) is 0 Å². The van der Waals surface area contributed by atoms with E-state index in [1.54, 1.807) is 7.11 Å². The summed E-state index contributed by atoms with van der Waals surface area (Å²) < 4.78 is 15.7. The Bertz CT molecular complexity index is 100. The molecule has 15 heavy (non-hydrogen) atoms. The van der Waals surface area contributed by atoms with Crippen molar-refractivity contribution >= 4 is 12.6 Å². The Kier molecular flexibility index (Phi) is 14.4. The van der Waals surface area contributed by atoms with Gasteiger partial charge in [-0.1, -0.05) is 6.42 Å². The van der Waals surface area contributed by atoms with E-state index in [-0.39, 0.29) is 0 Å². The molecular weight excluding hydrogens is 212 g/mol. The van der Waals surface area contributed by atoms with Crippen LogP contribution in [0.3, 0.4) is 0 Å². The molecule has 0 rings (SSSR count). The van der Waals surface area contributed by atoms with Crippen LogP contribution < -0.4 is 0 Å². The zero-order chi connectivity index (χ0) is 11.2. The molecule has 0 N–H and O–H groups in total. The van der Waals surface area contributed by atoms with Gasteiger partial charge in [0, 0.05) is 26.9 Å². The molecule has 0 unspecified atom stereocenters. The van der Waals surface area contributed by atoms with Crippen molar-refractivity contribution in [2.24, 2.45) is 0 Å². The molecule has 0 fully saturated rings. The van der Waals surface area contributed by atoms with Gasteiger partial charge >= 0.3 is 0 Å². The molecule has 0 aromatic heterocycles. The van der Waals surface area contributed by atoms with E-state index in [0.717, 1.165) is 38.4 Å². The van der Waals surface area contributed by atoms with Crippen LogP contribution in [0.25, 0.3) is 0 Å². The summed E-state index contributed by atoms with van der Waals surface area (Å²) in [4.78, 5) is 0. The molecule has 0 atom stereocenters. The third-order valence-corrected chi connectivity index (χ3v) is 2.27. The van der Waals surface area contributed by atoms with E-state index < -0.39 is 0 Å². The molecule has 0 radical (unpaired) electrons. The van der Waals surface area contributed by atoms with Gasteiger partial charge in [-0.05, 0) is 25.0 Å². The van der Waals surface area contributed by atoms with Gasteiger partial charge in [0.2, 0.25) is 0 Å². The van der Waals surface area contributed by atoms with E-state index in [2.05, 4.69) is 12.6 Å². The second-order valence-corrected chi connectivity index (χ2v) is 3.80. The number of rotatable bonds is 12. The topological polar surface area (TPSA) is 27.7 Å². The lowest BCUT2D eigenvalue weighted by Crippen LogP contribution is -2.07. The Morgan fingerprint density at radius 2 is 1.40 bits per heavy atom. The van der Waals surface area contributed by atoms with Gasteiger partial charge in [0.25, 0.3) is 0 Å². The van der Waals surface area contributed by atoms with Crippen LogP contribution in [0.1, 0.15) is 25.7 Å². The lowest BCUT2D eigenvalue weighted by atomic mass is 10.3. The maximum absolute atomic E-state index is 5.41. The van der Waals surface area contributed by atoms with Crippen molar-refractivity contribution < 1.29 is 14.2 Å². The van der Waals surface area contributed by atoms with Crippen molar-refractivity contribution in [1.29, 1.82) is 0 Å². The van der Waals surface area contributed by atoms with E-state index in [4.69, 9.17) is 14.2 Å². The van der Waals surface area contributed by atoms with Crippen molar-refractivity contribution in [1.82, 2.24) is 0 Å². The van der Waals surface area contributed by atoms with Gasteiger partial charge in [0.1, 0.15) is 0 Å². The lowest BCUT2D eigenvalue weighted by molar-refractivity contribution is 0.0388. The second kappa shape index (κ2) is 14.2. The Balaban J connectivity index is 2.81. The number of hydrogen-bond acceptors (Lipinski definition) is 4. The molecule has 92 valence electrons. The minimum Gasteiger partial charge on any atom is -0.385 e. The van der Waals surface area contributed by atoms with Crippen LogP contribution in [0, 0.1) is 0 Å². The summed E-state index contributed by atoms with van der Waals surface area (Å²) in [5.41, 5.74) is 0. The first-order chi connectivity index (χ1) is 7.41. The van der Waals surface area contributed by atoms with Crippen LogP contribution in [0.5, 0.6) is 0 Å². The Labute approximate surface area is 98.9 Å². The van der Waals surface area contributed by atoms with Gasteiger partial charge in [0.15, 0.2) is 0 Å². The standard InChI is InChI=1S/C11H24O3S/c1-12-6-5-8-14-10-9-13-7-3-2-4-11-15/h15H,2-11H2,1H3. The molecular formula is C11H24O3S. The molecule has 0 aliphatic carbocycles. The zero-order valence-corrected chi connectivity index (χ0v) is 10.6. The first-order valence-corrected chi connectivity index (χ1v) is 6.30. The SMILES string of the molecule is COCCCOCCOCCCCCS. The summed E-state index contributed by atoms with van der Waals surface area (Å²) in [6, 6.07) is 0. The maximum Gasteiger partial charge on any atom is 0.0700 e. The number of thiol groups is 1. The third-order valence-electron chi connectivity index (χ3n) is 1.96. The summed E-state index contributed by atoms with van der Waals surface area (Å²) in [6.45, 7) is 3.76. The second-order valence-electron chi connectivity index (χ2n) is 3.36. The molecule has 0 heterocycles. The Morgan fingerprint density at radius 3 is 2.00 bits per heavy atom. The lowest BCUT2D eigenvalue weighted by Gasteiger charge is -2.05. The number of methoxy groups -OCH3 is 1. The van der Waals surface area contributed by atoms with E-state index in [9.17, 15) is 0 Å². The highest BCUT2D eigenvalue weighted by Crippen LogP contribution is 1.97. The minimum absolute atomic E-state index is 0.691. The number of ether oxygens (including phenoxy) is 3. The molecule has 0 amide bonds. The van der Waals surface area contributed by atoms with Gasteiger partial charge in [0.05, 0.1) is 13.2 Å². The normalized spacial score (nSPS) is 10.8. The van der Waals surface area contributed by atoms with Crippen LogP contribution in [-0.2, 0) is 14.2 Å². The molecule has 0 saturated carbocycles. The highest BCUT2D eigenvalue weighted by molar-refractivity contribution is 7.80. The minimum atomic E-state index is 0.691. The zero-order valence-electron chi connectivity index (χ0n) is 9.74. The summed E-state index contributed by atoms with van der Waals surface area (Å²) in [6.07, 6.45) is 4.47. The first-order valence-electron chi connectivity index (χ1n) is 5.67. The highest BCUT2D eigenvalue weighted by atomic mass is 32.1. The van der Waals surface area contributed by atoms with Gasteiger partial charge < -0.3 is 14.2 Å². The van der Waals surface area contributed by atoms with Gasteiger partial charge in [-0.2, -0.15) is 12.6 Å². The summed E-state index contributed by atoms with van der Waals surface area (Å²) in [5.74, 6) is 0.975.